The van der Waals surface area contributed by atoms with Crippen molar-refractivity contribution in [3.05, 3.63) is 52.1 Å². The van der Waals surface area contributed by atoms with Crippen molar-refractivity contribution in [2.75, 3.05) is 20.5 Å². The highest BCUT2D eigenvalue weighted by Crippen LogP contribution is 2.41. The molecule has 0 fully saturated rings. The van der Waals surface area contributed by atoms with Crippen molar-refractivity contribution in [1.29, 1.82) is 0 Å². The van der Waals surface area contributed by atoms with Crippen molar-refractivity contribution in [1.82, 2.24) is 5.43 Å². The quantitative estimate of drug-likeness (QED) is 0.446. The Balaban J connectivity index is 1.58. The lowest BCUT2D eigenvalue weighted by Crippen LogP contribution is -2.24. The predicted molar refractivity (Wildman–Crippen MR) is 93.4 cm³/mol. The highest BCUT2D eigenvalue weighted by Gasteiger charge is 2.19. The highest BCUT2D eigenvalue weighted by molar-refractivity contribution is 5.84. The Morgan fingerprint density at radius 3 is 2.93 bits per heavy atom. The van der Waals surface area contributed by atoms with Gasteiger partial charge in [0.2, 0.25) is 12.5 Å². The van der Waals surface area contributed by atoms with Crippen LogP contribution < -0.4 is 24.4 Å². The van der Waals surface area contributed by atoms with Gasteiger partial charge in [-0.05, 0) is 18.2 Å². The third-order valence-corrected chi connectivity index (χ3v) is 3.50. The number of ether oxygens (including phenoxy) is 4. The van der Waals surface area contributed by atoms with Gasteiger partial charge in [0.05, 0.1) is 18.2 Å². The molecule has 0 bridgehead atoms. The van der Waals surface area contributed by atoms with Crippen LogP contribution in [0.5, 0.6) is 23.0 Å². The summed E-state index contributed by atoms with van der Waals surface area (Å²) in [4.78, 5) is 22.1. The van der Waals surface area contributed by atoms with Crippen LogP contribution >= 0.6 is 0 Å². The first-order chi connectivity index (χ1) is 13.1. The van der Waals surface area contributed by atoms with E-state index in [-0.39, 0.29) is 18.2 Å². The number of fused-ring (bicyclic) bond motifs is 1. The first-order valence-corrected chi connectivity index (χ1v) is 7.74. The van der Waals surface area contributed by atoms with Gasteiger partial charge in [0, 0.05) is 11.6 Å². The Hall–Kier alpha value is -3.82. The van der Waals surface area contributed by atoms with Gasteiger partial charge in [0.15, 0.2) is 23.9 Å². The van der Waals surface area contributed by atoms with E-state index in [0.29, 0.717) is 22.8 Å². The molecule has 0 aromatic heterocycles. The Morgan fingerprint density at radius 1 is 1.33 bits per heavy atom. The van der Waals surface area contributed by atoms with E-state index in [1.54, 1.807) is 18.2 Å². The molecule has 0 atom stereocenters. The zero-order chi connectivity index (χ0) is 19.2. The molecule has 1 heterocycles. The van der Waals surface area contributed by atoms with Crippen LogP contribution in [0.2, 0.25) is 0 Å². The number of carbonyl (C=O) groups excluding carboxylic acids is 1. The maximum absolute atomic E-state index is 11.8. The Labute approximate surface area is 153 Å². The fourth-order valence-corrected chi connectivity index (χ4v) is 2.31. The fraction of sp³-hybridized carbons (Fsp3) is 0.176. The number of nitrogens with zero attached hydrogens (tertiary/aromatic N) is 2. The Kier molecular flexibility index (Phi) is 5.36. The lowest BCUT2D eigenvalue weighted by atomic mass is 10.2. The molecular weight excluding hydrogens is 358 g/mol. The first-order valence-electron chi connectivity index (χ1n) is 7.74. The van der Waals surface area contributed by atoms with Crippen molar-refractivity contribution in [3.8, 4) is 23.0 Å². The normalized spacial score (nSPS) is 12.0. The van der Waals surface area contributed by atoms with Crippen molar-refractivity contribution >= 4 is 17.8 Å². The van der Waals surface area contributed by atoms with Crippen LogP contribution in [0.3, 0.4) is 0 Å². The SMILES string of the molecule is COc1cc(/C=N\NC(=O)COc2ccccc2[N+](=O)[O-])cc2c1OCO2. The summed E-state index contributed by atoms with van der Waals surface area (Å²) in [7, 11) is 1.50. The number of amides is 1. The zero-order valence-electron chi connectivity index (χ0n) is 14.2. The minimum absolute atomic E-state index is 0.00198. The summed E-state index contributed by atoms with van der Waals surface area (Å²) >= 11 is 0. The van der Waals surface area contributed by atoms with Crippen molar-refractivity contribution < 1.29 is 28.7 Å². The van der Waals surface area contributed by atoms with Gasteiger partial charge in [-0.1, -0.05) is 12.1 Å². The van der Waals surface area contributed by atoms with E-state index in [4.69, 9.17) is 18.9 Å². The average molecular weight is 373 g/mol. The standard InChI is InChI=1S/C17H15N3O7/c1-24-14-6-11(7-15-17(14)27-10-26-15)8-18-19-16(21)9-25-13-5-3-2-4-12(13)20(22)23/h2-8H,9-10H2,1H3,(H,19,21)/b18-8-. The average Bonchev–Trinajstić information content (AvgIpc) is 3.14. The molecule has 10 heteroatoms. The minimum atomic E-state index is -0.585. The van der Waals surface area contributed by atoms with Gasteiger partial charge < -0.3 is 18.9 Å². The first kappa shape index (κ1) is 18.0. The summed E-state index contributed by atoms with van der Waals surface area (Å²) in [5.41, 5.74) is 2.68. The summed E-state index contributed by atoms with van der Waals surface area (Å²) in [6.07, 6.45) is 1.40. The summed E-state index contributed by atoms with van der Waals surface area (Å²) in [6.45, 7) is -0.321. The molecule has 2 aromatic rings. The van der Waals surface area contributed by atoms with E-state index in [9.17, 15) is 14.9 Å². The third kappa shape index (κ3) is 4.24. The fourth-order valence-electron chi connectivity index (χ4n) is 2.31. The molecule has 0 unspecified atom stereocenters. The molecule has 1 aliphatic heterocycles. The van der Waals surface area contributed by atoms with Crippen LogP contribution in [0.15, 0.2) is 41.5 Å². The number of carbonyl (C=O) groups is 1. The van der Waals surface area contributed by atoms with Gasteiger partial charge in [0.25, 0.3) is 5.91 Å². The number of benzene rings is 2. The highest BCUT2D eigenvalue weighted by atomic mass is 16.7. The number of hydrazone groups is 1. The van der Waals surface area contributed by atoms with Crippen LogP contribution in [0, 0.1) is 10.1 Å². The van der Waals surface area contributed by atoms with Crippen molar-refractivity contribution in [3.63, 3.8) is 0 Å². The summed E-state index contributed by atoms with van der Waals surface area (Å²) in [5, 5.41) is 14.7. The van der Waals surface area contributed by atoms with Crippen LogP contribution in [-0.2, 0) is 4.79 Å². The predicted octanol–water partition coefficient (Wildman–Crippen LogP) is 1.86. The third-order valence-electron chi connectivity index (χ3n) is 3.50. The van der Waals surface area contributed by atoms with Gasteiger partial charge in [-0.15, -0.1) is 0 Å². The lowest BCUT2D eigenvalue weighted by Gasteiger charge is -2.06. The van der Waals surface area contributed by atoms with E-state index in [1.165, 1.54) is 31.5 Å². The number of nitro groups is 1. The monoisotopic (exact) mass is 373 g/mol. The summed E-state index contributed by atoms with van der Waals surface area (Å²) < 4.78 is 21.0. The van der Waals surface area contributed by atoms with E-state index in [2.05, 4.69) is 10.5 Å². The molecule has 0 spiro atoms. The molecule has 2 aromatic carbocycles. The molecule has 0 saturated heterocycles. The van der Waals surface area contributed by atoms with Gasteiger partial charge >= 0.3 is 5.69 Å². The number of methoxy groups -OCH3 is 1. The van der Waals surface area contributed by atoms with Crippen LogP contribution in [0.1, 0.15) is 5.56 Å². The summed E-state index contributed by atoms with van der Waals surface area (Å²) in [5.74, 6) is 0.940. The maximum atomic E-state index is 11.8. The molecular formula is C17H15N3O7. The van der Waals surface area contributed by atoms with Crippen LogP contribution in [-0.4, -0.2) is 37.6 Å². The number of nitrogens with one attached hydrogen (secondary N) is 1. The van der Waals surface area contributed by atoms with E-state index in [0.717, 1.165) is 0 Å². The van der Waals surface area contributed by atoms with Crippen molar-refractivity contribution in [2.24, 2.45) is 5.10 Å². The molecule has 27 heavy (non-hydrogen) atoms. The molecule has 3 rings (SSSR count). The molecule has 1 aliphatic rings. The lowest BCUT2D eigenvalue weighted by molar-refractivity contribution is -0.385. The summed E-state index contributed by atoms with van der Waals surface area (Å²) in [6, 6.07) is 9.14. The molecule has 10 nitrogen and oxygen atoms in total. The number of nitro benzene ring substituents is 1. The molecule has 0 aliphatic carbocycles. The second kappa shape index (κ2) is 8.04. The second-order valence-electron chi connectivity index (χ2n) is 5.26. The molecule has 1 N–H and O–H groups in total. The Morgan fingerprint density at radius 2 is 2.15 bits per heavy atom. The van der Waals surface area contributed by atoms with Crippen molar-refractivity contribution in [2.45, 2.75) is 0 Å². The van der Waals surface area contributed by atoms with Crippen LogP contribution in [0.25, 0.3) is 0 Å². The van der Waals surface area contributed by atoms with E-state index in [1.807, 2.05) is 0 Å². The number of hydrogen-bond acceptors (Lipinski definition) is 8. The van der Waals surface area contributed by atoms with E-state index < -0.39 is 17.4 Å². The largest absolute Gasteiger partial charge is 0.493 e. The number of para-hydroxylation sites is 2. The molecule has 0 radical (unpaired) electrons. The van der Waals surface area contributed by atoms with Gasteiger partial charge in [-0.25, -0.2) is 5.43 Å². The van der Waals surface area contributed by atoms with E-state index >= 15 is 0 Å². The molecule has 0 saturated carbocycles. The topological polar surface area (TPSA) is 122 Å². The second-order valence-corrected chi connectivity index (χ2v) is 5.26. The number of rotatable bonds is 7. The molecule has 1 amide bonds. The smallest absolute Gasteiger partial charge is 0.310 e. The maximum Gasteiger partial charge on any atom is 0.310 e. The van der Waals surface area contributed by atoms with Crippen LogP contribution in [0.4, 0.5) is 5.69 Å². The van der Waals surface area contributed by atoms with Gasteiger partial charge in [-0.2, -0.15) is 5.10 Å². The van der Waals surface area contributed by atoms with Gasteiger partial charge in [0.1, 0.15) is 0 Å². The molecule has 140 valence electrons. The zero-order valence-corrected chi connectivity index (χ0v) is 14.2. The van der Waals surface area contributed by atoms with Gasteiger partial charge in [-0.3, -0.25) is 14.9 Å². The number of hydrogen-bond donors (Lipinski definition) is 1. The minimum Gasteiger partial charge on any atom is -0.493 e. The Bertz CT molecular complexity index is 898.